The van der Waals surface area contributed by atoms with E-state index in [1.165, 1.54) is 24.3 Å². The van der Waals surface area contributed by atoms with Crippen LogP contribution in [-0.4, -0.2) is 17.6 Å². The van der Waals surface area contributed by atoms with E-state index in [9.17, 15) is 13.6 Å². The van der Waals surface area contributed by atoms with Gasteiger partial charge in [-0.05, 0) is 42.3 Å². The van der Waals surface area contributed by atoms with E-state index in [2.05, 4.69) is 5.32 Å². The molecule has 0 aromatic heterocycles. The fraction of sp³-hybridized carbons (Fsp3) is 0.133. The molecule has 0 bridgehead atoms. The van der Waals surface area contributed by atoms with Gasteiger partial charge in [-0.1, -0.05) is 0 Å². The van der Waals surface area contributed by atoms with Crippen molar-refractivity contribution in [1.29, 1.82) is 0 Å². The number of hydrogen-bond acceptors (Lipinski definition) is 3. The number of carboxylic acid groups (broad SMARTS) is 1. The molecule has 2 aromatic carbocycles. The molecular weight excluding hydrogens is 278 g/mol. The van der Waals surface area contributed by atoms with E-state index < -0.39 is 17.6 Å². The normalized spacial score (nSPS) is 10.4. The number of rotatable bonds is 5. The zero-order valence-corrected chi connectivity index (χ0v) is 11.1. The second-order valence-electron chi connectivity index (χ2n) is 4.56. The molecule has 0 atom stereocenters. The van der Waals surface area contributed by atoms with E-state index in [0.29, 0.717) is 29.9 Å². The van der Waals surface area contributed by atoms with E-state index in [1.54, 1.807) is 6.07 Å². The van der Waals surface area contributed by atoms with Gasteiger partial charge in [0.05, 0.1) is 16.9 Å². The zero-order chi connectivity index (χ0) is 15.4. The van der Waals surface area contributed by atoms with Crippen LogP contribution < -0.4 is 11.1 Å². The average molecular weight is 292 g/mol. The summed E-state index contributed by atoms with van der Waals surface area (Å²) in [6.07, 6.45) is 0.412. The summed E-state index contributed by atoms with van der Waals surface area (Å²) in [7, 11) is 0. The Morgan fingerprint density at radius 1 is 1.14 bits per heavy atom. The highest BCUT2D eigenvalue weighted by Gasteiger charge is 2.06. The van der Waals surface area contributed by atoms with E-state index in [1.807, 2.05) is 0 Å². The molecule has 6 heteroatoms. The van der Waals surface area contributed by atoms with Gasteiger partial charge in [0.25, 0.3) is 0 Å². The number of aromatic carboxylic acids is 1. The summed E-state index contributed by atoms with van der Waals surface area (Å²) in [5.74, 6) is -2.28. The summed E-state index contributed by atoms with van der Waals surface area (Å²) in [5.41, 5.74) is 7.26. The number of halogens is 2. The molecule has 0 saturated carbocycles. The first-order valence-corrected chi connectivity index (χ1v) is 6.27. The van der Waals surface area contributed by atoms with Crippen LogP contribution in [0.5, 0.6) is 0 Å². The van der Waals surface area contributed by atoms with Crippen molar-refractivity contribution in [3.8, 4) is 0 Å². The van der Waals surface area contributed by atoms with E-state index in [4.69, 9.17) is 10.8 Å². The minimum atomic E-state index is -1.05. The van der Waals surface area contributed by atoms with Crippen LogP contribution in [0.1, 0.15) is 15.9 Å². The minimum absolute atomic E-state index is 0.102. The van der Waals surface area contributed by atoms with Gasteiger partial charge >= 0.3 is 5.97 Å². The Balaban J connectivity index is 1.98. The van der Waals surface area contributed by atoms with Gasteiger partial charge in [-0.15, -0.1) is 0 Å². The minimum Gasteiger partial charge on any atom is -0.478 e. The lowest BCUT2D eigenvalue weighted by molar-refractivity contribution is 0.0697. The molecule has 110 valence electrons. The molecule has 0 aliphatic carbocycles. The predicted molar refractivity (Wildman–Crippen MR) is 76.4 cm³/mol. The highest BCUT2D eigenvalue weighted by Crippen LogP contribution is 2.20. The molecule has 0 spiro atoms. The van der Waals surface area contributed by atoms with Gasteiger partial charge in [0.2, 0.25) is 0 Å². The second-order valence-corrected chi connectivity index (χ2v) is 4.56. The number of anilines is 2. The largest absolute Gasteiger partial charge is 0.478 e. The van der Waals surface area contributed by atoms with Gasteiger partial charge in [0.15, 0.2) is 0 Å². The summed E-state index contributed by atoms with van der Waals surface area (Å²) in [6.45, 7) is 0.416. The van der Waals surface area contributed by atoms with Gasteiger partial charge < -0.3 is 16.2 Å². The number of benzene rings is 2. The van der Waals surface area contributed by atoms with Gasteiger partial charge in [-0.2, -0.15) is 0 Å². The van der Waals surface area contributed by atoms with Gasteiger partial charge in [0.1, 0.15) is 11.6 Å². The zero-order valence-electron chi connectivity index (χ0n) is 11.1. The Bertz CT molecular complexity index is 654. The first-order valence-electron chi connectivity index (χ1n) is 6.27. The number of carboxylic acids is 1. The number of nitrogen functional groups attached to an aromatic ring is 1. The highest BCUT2D eigenvalue weighted by molar-refractivity contribution is 5.90. The molecule has 0 unspecified atom stereocenters. The molecule has 0 aliphatic heterocycles. The fourth-order valence-electron chi connectivity index (χ4n) is 1.95. The maximum atomic E-state index is 13.0. The molecule has 2 rings (SSSR count). The van der Waals surface area contributed by atoms with Crippen molar-refractivity contribution >= 4 is 17.3 Å². The second kappa shape index (κ2) is 6.21. The summed E-state index contributed by atoms with van der Waals surface area (Å²) < 4.78 is 26.1. The molecule has 0 saturated heterocycles. The van der Waals surface area contributed by atoms with Crippen LogP contribution in [0.3, 0.4) is 0 Å². The Hall–Kier alpha value is -2.63. The van der Waals surface area contributed by atoms with Gasteiger partial charge in [0, 0.05) is 12.6 Å². The standard InChI is InChI=1S/C15H14F2N2O2/c16-11-5-9(6-12(17)8-11)3-4-19-14-2-1-10(15(20)21)7-13(14)18/h1-2,5-8,19H,3-4,18H2,(H,20,21). The number of nitrogens with two attached hydrogens (primary N) is 1. The van der Waals surface area contributed by atoms with Gasteiger partial charge in [-0.25, -0.2) is 13.6 Å². The van der Waals surface area contributed by atoms with Crippen LogP contribution in [0.15, 0.2) is 36.4 Å². The first-order chi connectivity index (χ1) is 9.95. The molecule has 4 N–H and O–H groups in total. The molecule has 0 heterocycles. The van der Waals surface area contributed by atoms with Crippen molar-refractivity contribution in [3.63, 3.8) is 0 Å². The summed E-state index contributed by atoms with van der Waals surface area (Å²) in [6, 6.07) is 7.70. The highest BCUT2D eigenvalue weighted by atomic mass is 19.1. The maximum absolute atomic E-state index is 13.0. The molecule has 4 nitrogen and oxygen atoms in total. The van der Waals surface area contributed by atoms with E-state index in [0.717, 1.165) is 6.07 Å². The Morgan fingerprint density at radius 3 is 2.38 bits per heavy atom. The third-order valence-corrected chi connectivity index (χ3v) is 2.95. The Kier molecular flexibility index (Phi) is 4.37. The lowest BCUT2D eigenvalue weighted by Crippen LogP contribution is -2.08. The topological polar surface area (TPSA) is 75.4 Å². The monoisotopic (exact) mass is 292 g/mol. The molecule has 0 fully saturated rings. The van der Waals surface area contributed by atoms with Crippen LogP contribution in [-0.2, 0) is 6.42 Å². The van der Waals surface area contributed by atoms with Crippen molar-refractivity contribution in [2.45, 2.75) is 6.42 Å². The van der Waals surface area contributed by atoms with Crippen LogP contribution in [0.25, 0.3) is 0 Å². The Morgan fingerprint density at radius 2 is 1.81 bits per heavy atom. The van der Waals surface area contributed by atoms with Crippen LogP contribution in [0.2, 0.25) is 0 Å². The van der Waals surface area contributed by atoms with Crippen molar-refractivity contribution < 1.29 is 18.7 Å². The summed E-state index contributed by atoms with van der Waals surface area (Å²) >= 11 is 0. The number of hydrogen-bond donors (Lipinski definition) is 3. The summed E-state index contributed by atoms with van der Waals surface area (Å²) in [5, 5.41) is 11.8. The number of carbonyl (C=O) groups is 1. The first kappa shape index (κ1) is 14.8. The third-order valence-electron chi connectivity index (χ3n) is 2.95. The molecule has 0 radical (unpaired) electrons. The van der Waals surface area contributed by atoms with Crippen molar-refractivity contribution in [2.75, 3.05) is 17.6 Å². The molecule has 2 aromatic rings. The maximum Gasteiger partial charge on any atom is 0.335 e. The van der Waals surface area contributed by atoms with E-state index in [-0.39, 0.29) is 5.56 Å². The predicted octanol–water partition coefficient (Wildman–Crippen LogP) is 2.90. The SMILES string of the molecule is Nc1cc(C(=O)O)ccc1NCCc1cc(F)cc(F)c1. The van der Waals surface area contributed by atoms with Gasteiger partial charge in [-0.3, -0.25) is 0 Å². The molecule has 21 heavy (non-hydrogen) atoms. The fourth-order valence-corrected chi connectivity index (χ4v) is 1.95. The van der Waals surface area contributed by atoms with Crippen molar-refractivity contribution in [1.82, 2.24) is 0 Å². The molecule has 0 aliphatic rings. The van der Waals surface area contributed by atoms with Crippen LogP contribution >= 0.6 is 0 Å². The lowest BCUT2D eigenvalue weighted by Gasteiger charge is -2.10. The Labute approximate surface area is 120 Å². The quantitative estimate of drug-likeness (QED) is 0.741. The third kappa shape index (κ3) is 3.92. The van der Waals surface area contributed by atoms with E-state index >= 15 is 0 Å². The smallest absolute Gasteiger partial charge is 0.335 e. The average Bonchev–Trinajstić information content (AvgIpc) is 2.39. The molecular formula is C15H14F2N2O2. The lowest BCUT2D eigenvalue weighted by atomic mass is 10.1. The summed E-state index contributed by atoms with van der Waals surface area (Å²) in [4.78, 5) is 10.8. The van der Waals surface area contributed by atoms with Crippen LogP contribution in [0.4, 0.5) is 20.2 Å². The van der Waals surface area contributed by atoms with Crippen molar-refractivity contribution in [3.05, 3.63) is 59.2 Å². The van der Waals surface area contributed by atoms with Crippen LogP contribution in [0, 0.1) is 11.6 Å². The molecule has 0 amide bonds. The van der Waals surface area contributed by atoms with Crippen molar-refractivity contribution in [2.24, 2.45) is 0 Å². The number of nitrogens with one attached hydrogen (secondary N) is 1.